The minimum absolute atomic E-state index is 0.0504. The number of halogens is 1. The lowest BCUT2D eigenvalue weighted by Crippen LogP contribution is -2.24. The second-order valence-electron chi connectivity index (χ2n) is 10.2. The molecule has 0 bridgehead atoms. The predicted molar refractivity (Wildman–Crippen MR) is 144 cm³/mol. The molecule has 0 radical (unpaired) electrons. The highest BCUT2D eigenvalue weighted by Gasteiger charge is 2.24. The van der Waals surface area contributed by atoms with Crippen LogP contribution in [0.1, 0.15) is 49.8 Å². The molecule has 2 aromatic carbocycles. The zero-order chi connectivity index (χ0) is 27.7. The van der Waals surface area contributed by atoms with Crippen LogP contribution in [0, 0.1) is 5.82 Å². The van der Waals surface area contributed by atoms with Crippen LogP contribution < -0.4 is 10.6 Å². The van der Waals surface area contributed by atoms with E-state index in [2.05, 4.69) is 35.7 Å². The summed E-state index contributed by atoms with van der Waals surface area (Å²) < 4.78 is 20.2. The van der Waals surface area contributed by atoms with Gasteiger partial charge in [0.25, 0.3) is 0 Å². The van der Waals surface area contributed by atoms with Gasteiger partial charge in [-0.2, -0.15) is 4.98 Å². The van der Waals surface area contributed by atoms with Gasteiger partial charge in [0.2, 0.25) is 0 Å². The van der Waals surface area contributed by atoms with Gasteiger partial charge in [0.1, 0.15) is 17.9 Å². The maximum Gasteiger partial charge on any atom is 0.315 e. The number of aromatic amines is 1. The zero-order valence-corrected chi connectivity index (χ0v) is 21.9. The Hall–Kier alpha value is -4.64. The molecule has 0 saturated heterocycles. The quantitative estimate of drug-likeness (QED) is 0.221. The molecule has 0 fully saturated rings. The standard InChI is InChI=1S/C28H28FN7O3/c1-15(37)32-21-8-6-5-7-19(21)23-33-22-18(11-12-30-24(22)34-23)16-9-10-17(20(29)13-16)14-31-25(38)26-35-27(36-39-26)28(2,3)4/h5-13,15,32,37H,14H2,1-4H3,(H,31,38)(H,30,33,34). The van der Waals surface area contributed by atoms with Crippen molar-refractivity contribution in [1.29, 1.82) is 0 Å². The third kappa shape index (κ3) is 5.48. The Bertz CT molecular complexity index is 1650. The molecule has 3 aromatic heterocycles. The molecular weight excluding hydrogens is 501 g/mol. The number of carbonyl (C=O) groups excluding carboxylic acids is 1. The number of hydrogen-bond donors (Lipinski definition) is 4. The summed E-state index contributed by atoms with van der Waals surface area (Å²) in [5.41, 5.74) is 3.86. The van der Waals surface area contributed by atoms with Crippen molar-refractivity contribution in [2.45, 2.75) is 45.9 Å². The van der Waals surface area contributed by atoms with Gasteiger partial charge in [0.05, 0.1) is 5.52 Å². The SMILES string of the molecule is CC(O)Nc1ccccc1-c1nc2nccc(-c3ccc(CNC(=O)c4nc(C(C)(C)C)no4)c(F)c3)c2[nH]1. The maximum absolute atomic E-state index is 15.1. The second kappa shape index (κ2) is 10.3. The monoisotopic (exact) mass is 529 g/mol. The summed E-state index contributed by atoms with van der Waals surface area (Å²) in [6.07, 6.45) is 0.869. The van der Waals surface area contributed by atoms with Crippen molar-refractivity contribution < 1.29 is 18.8 Å². The van der Waals surface area contributed by atoms with Crippen LogP contribution >= 0.6 is 0 Å². The van der Waals surface area contributed by atoms with E-state index in [-0.39, 0.29) is 17.9 Å². The van der Waals surface area contributed by atoms with Gasteiger partial charge >= 0.3 is 11.8 Å². The van der Waals surface area contributed by atoms with Crippen molar-refractivity contribution in [2.24, 2.45) is 0 Å². The lowest BCUT2D eigenvalue weighted by molar-refractivity contribution is 0.0906. The first-order chi connectivity index (χ1) is 18.6. The van der Waals surface area contributed by atoms with E-state index in [4.69, 9.17) is 4.52 Å². The molecule has 0 spiro atoms. The summed E-state index contributed by atoms with van der Waals surface area (Å²) in [5.74, 6) is -0.255. The molecule has 4 N–H and O–H groups in total. The molecule has 1 unspecified atom stereocenters. The van der Waals surface area contributed by atoms with Crippen LogP contribution in [0.4, 0.5) is 10.1 Å². The number of benzene rings is 2. The molecular formula is C28H28FN7O3. The number of fused-ring (bicyclic) bond motifs is 1. The number of amides is 1. The Balaban J connectivity index is 1.38. The van der Waals surface area contributed by atoms with Crippen LogP contribution in [0.15, 0.2) is 59.3 Å². The number of H-pyrrole nitrogens is 1. The van der Waals surface area contributed by atoms with Crippen molar-refractivity contribution in [2.75, 3.05) is 5.32 Å². The van der Waals surface area contributed by atoms with Gasteiger partial charge in [-0.25, -0.2) is 14.4 Å². The smallest absolute Gasteiger partial charge is 0.315 e. The summed E-state index contributed by atoms with van der Waals surface area (Å²) in [6.45, 7) is 7.30. The lowest BCUT2D eigenvalue weighted by atomic mass is 9.96. The van der Waals surface area contributed by atoms with Gasteiger partial charge in [-0.1, -0.05) is 50.2 Å². The third-order valence-corrected chi connectivity index (χ3v) is 6.03. The molecule has 0 aliphatic rings. The van der Waals surface area contributed by atoms with Crippen LogP contribution in [0.2, 0.25) is 0 Å². The summed E-state index contributed by atoms with van der Waals surface area (Å²) >= 11 is 0. The largest absolute Gasteiger partial charge is 0.374 e. The summed E-state index contributed by atoms with van der Waals surface area (Å²) in [4.78, 5) is 28.9. The number of aliphatic hydroxyl groups excluding tert-OH is 1. The van der Waals surface area contributed by atoms with Crippen molar-refractivity contribution in [3.63, 3.8) is 0 Å². The van der Waals surface area contributed by atoms with Crippen molar-refractivity contribution in [1.82, 2.24) is 30.4 Å². The number of pyridine rings is 1. The van der Waals surface area contributed by atoms with Crippen molar-refractivity contribution >= 4 is 22.8 Å². The van der Waals surface area contributed by atoms with E-state index in [0.29, 0.717) is 39.6 Å². The average molecular weight is 530 g/mol. The first kappa shape index (κ1) is 26.0. The minimum atomic E-state index is -0.747. The molecule has 0 aliphatic heterocycles. The van der Waals surface area contributed by atoms with Gasteiger partial charge < -0.3 is 25.2 Å². The molecule has 5 aromatic rings. The maximum atomic E-state index is 15.1. The topological polar surface area (TPSA) is 142 Å². The summed E-state index contributed by atoms with van der Waals surface area (Å²) in [5, 5.41) is 19.3. The number of aromatic nitrogens is 5. The van der Waals surface area contributed by atoms with Gasteiger partial charge in [-0.3, -0.25) is 4.79 Å². The van der Waals surface area contributed by atoms with Crippen LogP contribution in [-0.4, -0.2) is 42.3 Å². The normalized spacial score (nSPS) is 12.5. The molecule has 10 nitrogen and oxygen atoms in total. The number of rotatable bonds is 7. The number of aliphatic hydroxyl groups is 1. The Labute approximate surface area is 223 Å². The Morgan fingerprint density at radius 1 is 1.13 bits per heavy atom. The zero-order valence-electron chi connectivity index (χ0n) is 21.9. The van der Waals surface area contributed by atoms with Crippen LogP contribution in [0.25, 0.3) is 33.7 Å². The average Bonchev–Trinajstić information content (AvgIpc) is 3.55. The lowest BCUT2D eigenvalue weighted by Gasteiger charge is -2.12. The molecule has 1 atom stereocenters. The van der Waals surface area contributed by atoms with Crippen LogP contribution in [0.5, 0.6) is 0 Å². The summed E-state index contributed by atoms with van der Waals surface area (Å²) in [6, 6.07) is 14.0. The number of para-hydroxylation sites is 1. The molecule has 5 rings (SSSR count). The van der Waals surface area contributed by atoms with E-state index in [0.717, 1.165) is 11.1 Å². The molecule has 39 heavy (non-hydrogen) atoms. The molecule has 200 valence electrons. The first-order valence-corrected chi connectivity index (χ1v) is 12.4. The third-order valence-electron chi connectivity index (χ3n) is 6.03. The predicted octanol–water partition coefficient (Wildman–Crippen LogP) is 4.79. The van der Waals surface area contributed by atoms with Crippen LogP contribution in [-0.2, 0) is 12.0 Å². The Kier molecular flexibility index (Phi) is 6.83. The molecule has 0 aliphatic carbocycles. The van der Waals surface area contributed by atoms with E-state index < -0.39 is 18.0 Å². The number of nitrogens with zero attached hydrogens (tertiary/aromatic N) is 4. The second-order valence-corrected chi connectivity index (χ2v) is 10.2. The number of imidazole rings is 1. The van der Waals surface area contributed by atoms with Crippen LogP contribution in [0.3, 0.4) is 0 Å². The highest BCUT2D eigenvalue weighted by molar-refractivity contribution is 5.92. The molecule has 3 heterocycles. The van der Waals surface area contributed by atoms with Gasteiger partial charge in [-0.15, -0.1) is 0 Å². The Morgan fingerprint density at radius 2 is 1.92 bits per heavy atom. The van der Waals surface area contributed by atoms with Gasteiger partial charge in [0, 0.05) is 40.5 Å². The number of nitrogens with one attached hydrogen (secondary N) is 3. The van der Waals surface area contributed by atoms with Gasteiger partial charge in [0.15, 0.2) is 11.5 Å². The van der Waals surface area contributed by atoms with E-state index in [1.165, 1.54) is 6.07 Å². The fraction of sp³-hybridized carbons (Fsp3) is 0.250. The van der Waals surface area contributed by atoms with E-state index >= 15 is 4.39 Å². The fourth-order valence-electron chi connectivity index (χ4n) is 4.05. The highest BCUT2D eigenvalue weighted by atomic mass is 19.1. The van der Waals surface area contributed by atoms with E-state index in [1.54, 1.807) is 31.3 Å². The Morgan fingerprint density at radius 3 is 2.64 bits per heavy atom. The number of anilines is 1. The molecule has 0 saturated carbocycles. The minimum Gasteiger partial charge on any atom is -0.374 e. The first-order valence-electron chi connectivity index (χ1n) is 12.4. The fourth-order valence-corrected chi connectivity index (χ4v) is 4.05. The summed E-state index contributed by atoms with van der Waals surface area (Å²) in [7, 11) is 0. The molecule has 1 amide bonds. The molecule has 11 heteroatoms. The highest BCUT2D eigenvalue weighted by Crippen LogP contribution is 2.32. The number of hydrogen-bond acceptors (Lipinski definition) is 8. The van der Waals surface area contributed by atoms with E-state index in [1.807, 2.05) is 45.0 Å². The van der Waals surface area contributed by atoms with Gasteiger partial charge in [-0.05, 0) is 36.8 Å². The van der Waals surface area contributed by atoms with Crippen molar-refractivity contribution in [3.05, 3.63) is 77.8 Å². The van der Waals surface area contributed by atoms with Crippen molar-refractivity contribution in [3.8, 4) is 22.5 Å². The van der Waals surface area contributed by atoms with E-state index in [9.17, 15) is 9.90 Å². The number of carbonyl (C=O) groups is 1.